The SMILES string of the molecule is CCC(Br)c1nnc2n1-c1ccccc1C(c1cccc(C#N)c1)=NC2. The van der Waals surface area contributed by atoms with Crippen LogP contribution in [0, 0.1) is 11.3 Å². The first-order valence-corrected chi connectivity index (χ1v) is 9.37. The molecule has 0 saturated heterocycles. The topological polar surface area (TPSA) is 66.9 Å². The van der Waals surface area contributed by atoms with Crippen LogP contribution in [0.3, 0.4) is 0 Å². The van der Waals surface area contributed by atoms with E-state index < -0.39 is 0 Å². The Hall–Kier alpha value is -2.78. The lowest BCUT2D eigenvalue weighted by Gasteiger charge is -2.15. The number of nitrogens with zero attached hydrogens (tertiary/aromatic N) is 5. The van der Waals surface area contributed by atoms with Crippen molar-refractivity contribution in [1.29, 1.82) is 5.26 Å². The molecule has 0 saturated carbocycles. The first-order valence-electron chi connectivity index (χ1n) is 8.46. The molecule has 0 fully saturated rings. The lowest BCUT2D eigenvalue weighted by atomic mass is 9.99. The fraction of sp³-hybridized carbons (Fsp3) is 0.200. The zero-order valence-electron chi connectivity index (χ0n) is 14.2. The van der Waals surface area contributed by atoms with Crippen LogP contribution in [0.5, 0.6) is 0 Å². The van der Waals surface area contributed by atoms with Gasteiger partial charge in [0.2, 0.25) is 0 Å². The summed E-state index contributed by atoms with van der Waals surface area (Å²) in [5, 5.41) is 18.0. The summed E-state index contributed by atoms with van der Waals surface area (Å²) in [5.74, 6) is 1.70. The summed E-state index contributed by atoms with van der Waals surface area (Å²) in [6.45, 7) is 2.55. The van der Waals surface area contributed by atoms with Gasteiger partial charge in [0.05, 0.1) is 27.9 Å². The van der Waals surface area contributed by atoms with Crippen molar-refractivity contribution >= 4 is 21.6 Å². The summed E-state index contributed by atoms with van der Waals surface area (Å²) in [7, 11) is 0. The molecule has 1 unspecified atom stereocenters. The monoisotopic (exact) mass is 405 g/mol. The maximum absolute atomic E-state index is 9.23. The lowest BCUT2D eigenvalue weighted by Crippen LogP contribution is -2.10. The van der Waals surface area contributed by atoms with Crippen LogP contribution in [0.15, 0.2) is 53.5 Å². The number of hydrogen-bond acceptors (Lipinski definition) is 4. The molecule has 1 aromatic heterocycles. The highest BCUT2D eigenvalue weighted by molar-refractivity contribution is 9.09. The average molecular weight is 406 g/mol. The average Bonchev–Trinajstić information content (AvgIpc) is 3.04. The second-order valence-electron chi connectivity index (χ2n) is 6.06. The zero-order chi connectivity index (χ0) is 18.1. The number of rotatable bonds is 3. The number of benzene rings is 2. The van der Waals surface area contributed by atoms with E-state index in [2.05, 4.69) is 55.8 Å². The number of hydrogen-bond donors (Lipinski definition) is 0. The standard InChI is InChI=1S/C20H16BrN5/c1-2-16(21)20-25-24-18-12-23-19(14-7-5-6-13(10-14)11-22)15-8-3-4-9-17(15)26(18)20/h3-10,16H,2,12H2,1H3. The second-order valence-corrected chi connectivity index (χ2v) is 7.17. The molecular weight excluding hydrogens is 390 g/mol. The van der Waals surface area contributed by atoms with E-state index in [1.165, 1.54) is 0 Å². The maximum atomic E-state index is 9.23. The van der Waals surface area contributed by atoms with E-state index in [4.69, 9.17) is 4.99 Å². The van der Waals surface area contributed by atoms with Gasteiger partial charge in [0.1, 0.15) is 6.54 Å². The molecule has 0 N–H and O–H groups in total. The van der Waals surface area contributed by atoms with Gasteiger partial charge in [0.15, 0.2) is 11.6 Å². The molecule has 0 aliphatic carbocycles. The molecular formula is C20H16BrN5. The van der Waals surface area contributed by atoms with Crippen molar-refractivity contribution in [1.82, 2.24) is 14.8 Å². The highest BCUT2D eigenvalue weighted by Crippen LogP contribution is 2.31. The van der Waals surface area contributed by atoms with Gasteiger partial charge in [0.25, 0.3) is 0 Å². The number of alkyl halides is 1. The van der Waals surface area contributed by atoms with Gasteiger partial charge in [-0.05, 0) is 24.6 Å². The van der Waals surface area contributed by atoms with E-state index in [1.54, 1.807) is 6.07 Å². The van der Waals surface area contributed by atoms with E-state index in [0.717, 1.165) is 40.6 Å². The third-order valence-electron chi connectivity index (χ3n) is 4.44. The normalized spacial score (nSPS) is 13.8. The van der Waals surface area contributed by atoms with Crippen molar-refractivity contribution in [3.05, 3.63) is 76.9 Å². The number of aliphatic imine (C=N–C) groups is 1. The molecule has 4 rings (SSSR count). The number of fused-ring (bicyclic) bond motifs is 3. The minimum Gasteiger partial charge on any atom is -0.280 e. The molecule has 1 aliphatic heterocycles. The van der Waals surface area contributed by atoms with E-state index in [9.17, 15) is 5.26 Å². The second kappa shape index (κ2) is 6.85. The van der Waals surface area contributed by atoms with Gasteiger partial charge in [-0.25, -0.2) is 0 Å². The molecule has 2 heterocycles. The molecule has 1 atom stereocenters. The van der Waals surface area contributed by atoms with Crippen molar-refractivity contribution in [3.8, 4) is 11.8 Å². The predicted molar refractivity (Wildman–Crippen MR) is 104 cm³/mol. The van der Waals surface area contributed by atoms with Gasteiger partial charge in [-0.3, -0.25) is 9.56 Å². The van der Waals surface area contributed by atoms with Crippen LogP contribution < -0.4 is 0 Å². The molecule has 26 heavy (non-hydrogen) atoms. The first kappa shape index (κ1) is 16.7. The molecule has 3 aromatic rings. The van der Waals surface area contributed by atoms with Crippen LogP contribution >= 0.6 is 15.9 Å². The maximum Gasteiger partial charge on any atom is 0.159 e. The summed E-state index contributed by atoms with van der Waals surface area (Å²) < 4.78 is 2.10. The highest BCUT2D eigenvalue weighted by atomic mass is 79.9. The number of halogens is 1. The number of nitriles is 1. The van der Waals surface area contributed by atoms with Crippen LogP contribution in [0.25, 0.3) is 5.69 Å². The van der Waals surface area contributed by atoms with Crippen molar-refractivity contribution < 1.29 is 0 Å². The Labute approximate surface area is 160 Å². The van der Waals surface area contributed by atoms with E-state index in [0.29, 0.717) is 12.1 Å². The molecule has 1 aliphatic rings. The molecule has 6 heteroatoms. The fourth-order valence-corrected chi connectivity index (χ4v) is 3.46. The van der Waals surface area contributed by atoms with Gasteiger partial charge in [-0.1, -0.05) is 53.2 Å². The summed E-state index contributed by atoms with van der Waals surface area (Å²) >= 11 is 3.70. The molecule has 0 spiro atoms. The Morgan fingerprint density at radius 1 is 1.19 bits per heavy atom. The van der Waals surface area contributed by atoms with Crippen molar-refractivity contribution in [2.45, 2.75) is 24.7 Å². The van der Waals surface area contributed by atoms with E-state index >= 15 is 0 Å². The third-order valence-corrected chi connectivity index (χ3v) is 5.49. The van der Waals surface area contributed by atoms with Crippen LogP contribution in [0.4, 0.5) is 0 Å². The largest absolute Gasteiger partial charge is 0.280 e. The fourth-order valence-electron chi connectivity index (χ4n) is 3.17. The van der Waals surface area contributed by atoms with Gasteiger partial charge in [0, 0.05) is 11.1 Å². The Morgan fingerprint density at radius 3 is 2.85 bits per heavy atom. The van der Waals surface area contributed by atoms with Crippen molar-refractivity contribution in [2.24, 2.45) is 4.99 Å². The van der Waals surface area contributed by atoms with Crippen LogP contribution in [0.2, 0.25) is 0 Å². The van der Waals surface area contributed by atoms with Gasteiger partial charge < -0.3 is 0 Å². The number of para-hydroxylation sites is 1. The minimum atomic E-state index is 0.125. The smallest absolute Gasteiger partial charge is 0.159 e. The minimum absolute atomic E-state index is 0.125. The Morgan fingerprint density at radius 2 is 2.04 bits per heavy atom. The quantitative estimate of drug-likeness (QED) is 0.608. The zero-order valence-corrected chi connectivity index (χ0v) is 15.8. The van der Waals surface area contributed by atoms with Crippen LogP contribution in [0.1, 0.15) is 46.5 Å². The Kier molecular flexibility index (Phi) is 4.39. The predicted octanol–water partition coefficient (Wildman–Crippen LogP) is 4.34. The molecule has 0 amide bonds. The number of aromatic nitrogens is 3. The van der Waals surface area contributed by atoms with E-state index in [-0.39, 0.29) is 4.83 Å². The Balaban J connectivity index is 1.93. The van der Waals surface area contributed by atoms with Crippen molar-refractivity contribution in [2.75, 3.05) is 0 Å². The lowest BCUT2D eigenvalue weighted by molar-refractivity contribution is 0.783. The molecule has 0 radical (unpaired) electrons. The summed E-state index contributed by atoms with van der Waals surface area (Å²) in [5.41, 5.74) is 4.45. The first-order chi connectivity index (χ1) is 12.7. The molecule has 128 valence electrons. The highest BCUT2D eigenvalue weighted by Gasteiger charge is 2.25. The van der Waals surface area contributed by atoms with Crippen molar-refractivity contribution in [3.63, 3.8) is 0 Å². The molecule has 0 bridgehead atoms. The summed E-state index contributed by atoms with van der Waals surface area (Å²) in [6.07, 6.45) is 0.915. The molecule has 5 nitrogen and oxygen atoms in total. The molecule has 2 aromatic carbocycles. The van der Waals surface area contributed by atoms with Gasteiger partial charge in [-0.2, -0.15) is 5.26 Å². The summed E-state index contributed by atoms with van der Waals surface area (Å²) in [4.78, 5) is 4.94. The summed E-state index contributed by atoms with van der Waals surface area (Å²) in [6, 6.07) is 17.9. The van der Waals surface area contributed by atoms with Crippen LogP contribution in [-0.2, 0) is 6.54 Å². The van der Waals surface area contributed by atoms with Crippen LogP contribution in [-0.4, -0.2) is 20.5 Å². The Bertz CT molecular complexity index is 1040. The van der Waals surface area contributed by atoms with Gasteiger partial charge in [-0.15, -0.1) is 10.2 Å². The third kappa shape index (κ3) is 2.74. The van der Waals surface area contributed by atoms with E-state index in [1.807, 2.05) is 30.3 Å². The van der Waals surface area contributed by atoms with Gasteiger partial charge >= 0.3 is 0 Å².